The lowest BCUT2D eigenvalue weighted by atomic mass is 10.0. The molecule has 2 heterocycles. The van der Waals surface area contributed by atoms with E-state index >= 15 is 0 Å². The third-order valence-electron chi connectivity index (χ3n) is 4.26. The molecule has 1 aliphatic rings. The normalized spacial score (nSPS) is 25.2. The lowest BCUT2D eigenvalue weighted by Gasteiger charge is -2.27. The second-order valence-electron chi connectivity index (χ2n) is 5.81. The zero-order valence-electron chi connectivity index (χ0n) is 12.3. The van der Waals surface area contributed by atoms with Gasteiger partial charge >= 0.3 is 0 Å². The number of nitrogens with zero attached hydrogens (tertiary/aromatic N) is 2. The Labute approximate surface area is 121 Å². The fourth-order valence-corrected chi connectivity index (χ4v) is 4.82. The molecule has 1 aromatic heterocycles. The highest BCUT2D eigenvalue weighted by Gasteiger charge is 2.33. The van der Waals surface area contributed by atoms with Crippen LogP contribution in [0.4, 0.5) is 0 Å². The van der Waals surface area contributed by atoms with Crippen molar-refractivity contribution in [1.82, 2.24) is 9.78 Å². The van der Waals surface area contributed by atoms with Gasteiger partial charge < -0.3 is 5.73 Å². The Bertz CT molecular complexity index is 538. The molecule has 1 fully saturated rings. The zero-order valence-corrected chi connectivity index (χ0v) is 13.1. The maximum Gasteiger partial charge on any atom is 0.154 e. The van der Waals surface area contributed by atoms with Gasteiger partial charge in [-0.3, -0.25) is 4.68 Å². The summed E-state index contributed by atoms with van der Waals surface area (Å²) in [7, 11) is -3.02. The van der Waals surface area contributed by atoms with Crippen molar-refractivity contribution in [2.24, 2.45) is 5.73 Å². The molecule has 114 valence electrons. The Kier molecular flexibility index (Phi) is 4.86. The van der Waals surface area contributed by atoms with E-state index in [2.05, 4.69) is 18.9 Å². The molecule has 1 saturated heterocycles. The molecule has 5 nitrogen and oxygen atoms in total. The summed E-state index contributed by atoms with van der Waals surface area (Å²) in [5, 5.41) is 4.11. The first-order valence-corrected chi connectivity index (χ1v) is 9.16. The standard InChI is InChI=1S/C14H25N3O2S/c1-3-11(2)17-8-7-12(16-17)10-13(15)14-6-4-5-9-20(14,18)19/h7-8,11,13-14H,3-6,9-10,15H2,1-2H3. The lowest BCUT2D eigenvalue weighted by molar-refractivity contribution is 0.464. The van der Waals surface area contributed by atoms with Crippen molar-refractivity contribution in [3.63, 3.8) is 0 Å². The minimum atomic E-state index is -3.02. The SMILES string of the molecule is CCC(C)n1ccc(CC(N)C2CCCCS2(=O)=O)n1. The first-order chi connectivity index (χ1) is 9.44. The second-order valence-corrected chi connectivity index (χ2v) is 8.15. The summed E-state index contributed by atoms with van der Waals surface area (Å²) < 4.78 is 26.1. The van der Waals surface area contributed by atoms with Crippen LogP contribution in [-0.4, -0.2) is 35.2 Å². The van der Waals surface area contributed by atoms with Crippen LogP contribution in [0.5, 0.6) is 0 Å². The summed E-state index contributed by atoms with van der Waals surface area (Å²) >= 11 is 0. The highest BCUT2D eigenvalue weighted by molar-refractivity contribution is 7.92. The molecule has 2 N–H and O–H groups in total. The summed E-state index contributed by atoms with van der Waals surface area (Å²) in [6.45, 7) is 4.23. The molecule has 0 aromatic carbocycles. The maximum atomic E-state index is 12.1. The van der Waals surface area contributed by atoms with Gasteiger partial charge in [0.15, 0.2) is 9.84 Å². The molecular weight excluding hydrogens is 274 g/mol. The lowest BCUT2D eigenvalue weighted by Crippen LogP contribution is -2.45. The van der Waals surface area contributed by atoms with Gasteiger partial charge in [0.2, 0.25) is 0 Å². The van der Waals surface area contributed by atoms with E-state index in [1.807, 2.05) is 16.9 Å². The Morgan fingerprint density at radius 1 is 1.50 bits per heavy atom. The van der Waals surface area contributed by atoms with Crippen molar-refractivity contribution >= 4 is 9.84 Å². The van der Waals surface area contributed by atoms with E-state index in [0.29, 0.717) is 18.9 Å². The van der Waals surface area contributed by atoms with E-state index in [0.717, 1.165) is 25.0 Å². The maximum absolute atomic E-state index is 12.1. The van der Waals surface area contributed by atoms with Crippen LogP contribution >= 0.6 is 0 Å². The quantitative estimate of drug-likeness (QED) is 0.897. The van der Waals surface area contributed by atoms with Crippen LogP contribution in [0.3, 0.4) is 0 Å². The Balaban J connectivity index is 2.04. The number of hydrogen-bond acceptors (Lipinski definition) is 4. The molecule has 2 rings (SSSR count). The molecule has 0 radical (unpaired) electrons. The first kappa shape index (κ1) is 15.5. The van der Waals surface area contributed by atoms with Crippen molar-refractivity contribution in [3.05, 3.63) is 18.0 Å². The Hall–Kier alpha value is -0.880. The molecule has 0 amide bonds. The van der Waals surface area contributed by atoms with E-state index in [9.17, 15) is 8.42 Å². The molecule has 0 saturated carbocycles. The van der Waals surface area contributed by atoms with Crippen LogP contribution in [-0.2, 0) is 16.3 Å². The van der Waals surface area contributed by atoms with Crippen LogP contribution in [0, 0.1) is 0 Å². The molecule has 6 heteroatoms. The van der Waals surface area contributed by atoms with Crippen molar-refractivity contribution in [3.8, 4) is 0 Å². The summed E-state index contributed by atoms with van der Waals surface area (Å²) in [5.74, 6) is 0.284. The summed E-state index contributed by atoms with van der Waals surface area (Å²) in [5.41, 5.74) is 7.03. The highest BCUT2D eigenvalue weighted by atomic mass is 32.2. The second kappa shape index (κ2) is 6.26. The molecule has 20 heavy (non-hydrogen) atoms. The van der Waals surface area contributed by atoms with E-state index in [1.165, 1.54) is 0 Å². The number of sulfone groups is 1. The minimum Gasteiger partial charge on any atom is -0.326 e. The van der Waals surface area contributed by atoms with Crippen molar-refractivity contribution < 1.29 is 8.42 Å². The van der Waals surface area contributed by atoms with Crippen molar-refractivity contribution in [1.29, 1.82) is 0 Å². The van der Waals surface area contributed by atoms with Crippen molar-refractivity contribution in [2.75, 3.05) is 5.75 Å². The Morgan fingerprint density at radius 2 is 2.25 bits per heavy atom. The molecule has 0 aliphatic carbocycles. The van der Waals surface area contributed by atoms with Gasteiger partial charge in [-0.1, -0.05) is 13.3 Å². The summed E-state index contributed by atoms with van der Waals surface area (Å²) in [6.07, 6.45) is 5.92. The van der Waals surface area contributed by atoms with Gasteiger partial charge in [-0.25, -0.2) is 8.42 Å². The average Bonchev–Trinajstić information content (AvgIpc) is 2.85. The van der Waals surface area contributed by atoms with Gasteiger partial charge in [0.25, 0.3) is 0 Å². The largest absolute Gasteiger partial charge is 0.326 e. The van der Waals surface area contributed by atoms with Gasteiger partial charge in [-0.05, 0) is 32.3 Å². The predicted molar refractivity (Wildman–Crippen MR) is 80.3 cm³/mol. The predicted octanol–water partition coefficient (Wildman–Crippen LogP) is 1.69. The van der Waals surface area contributed by atoms with Crippen molar-refractivity contribution in [2.45, 2.75) is 63.3 Å². The molecule has 1 aromatic rings. The van der Waals surface area contributed by atoms with E-state index in [4.69, 9.17) is 5.73 Å². The number of hydrogen-bond donors (Lipinski definition) is 1. The molecule has 0 bridgehead atoms. The molecular formula is C14H25N3O2S. The van der Waals surface area contributed by atoms with Crippen LogP contribution in [0.15, 0.2) is 12.3 Å². The third-order valence-corrected chi connectivity index (χ3v) is 6.62. The fraction of sp³-hybridized carbons (Fsp3) is 0.786. The van der Waals surface area contributed by atoms with E-state index in [1.54, 1.807) is 0 Å². The van der Waals surface area contributed by atoms with Crippen LogP contribution < -0.4 is 5.73 Å². The van der Waals surface area contributed by atoms with Gasteiger partial charge in [0.1, 0.15) is 0 Å². The van der Waals surface area contributed by atoms with Gasteiger partial charge in [0.05, 0.1) is 16.7 Å². The molecule has 3 unspecified atom stereocenters. The van der Waals surface area contributed by atoms with Crippen LogP contribution in [0.25, 0.3) is 0 Å². The monoisotopic (exact) mass is 299 g/mol. The number of rotatable bonds is 5. The van der Waals surface area contributed by atoms with E-state index in [-0.39, 0.29) is 11.8 Å². The van der Waals surface area contributed by atoms with E-state index < -0.39 is 15.1 Å². The van der Waals surface area contributed by atoms with Gasteiger partial charge in [-0.15, -0.1) is 0 Å². The summed E-state index contributed by atoms with van der Waals surface area (Å²) in [6, 6.07) is 1.96. The number of nitrogens with two attached hydrogens (primary N) is 1. The minimum absolute atomic E-state index is 0.284. The molecule has 0 spiro atoms. The third kappa shape index (κ3) is 3.41. The number of aromatic nitrogens is 2. The van der Waals surface area contributed by atoms with Crippen LogP contribution in [0.1, 0.15) is 51.3 Å². The molecule has 1 aliphatic heterocycles. The van der Waals surface area contributed by atoms with Crippen LogP contribution in [0.2, 0.25) is 0 Å². The fourth-order valence-electron chi connectivity index (χ4n) is 2.75. The average molecular weight is 299 g/mol. The topological polar surface area (TPSA) is 78.0 Å². The zero-order chi connectivity index (χ0) is 14.8. The summed E-state index contributed by atoms with van der Waals surface area (Å²) in [4.78, 5) is 0. The molecule has 3 atom stereocenters. The highest BCUT2D eigenvalue weighted by Crippen LogP contribution is 2.23. The first-order valence-electron chi connectivity index (χ1n) is 7.45. The Morgan fingerprint density at radius 3 is 2.90 bits per heavy atom. The smallest absolute Gasteiger partial charge is 0.154 e. The van der Waals surface area contributed by atoms with Gasteiger partial charge in [-0.2, -0.15) is 5.10 Å². The van der Waals surface area contributed by atoms with Gasteiger partial charge in [0, 0.05) is 24.7 Å².